The monoisotopic (exact) mass is 462 g/mol. The highest BCUT2D eigenvalue weighted by Crippen LogP contribution is 2.25. The molecule has 4 rings (SSSR count). The number of carbonyl (C=O) groups is 1. The Morgan fingerprint density at radius 1 is 0.909 bits per heavy atom. The number of halogens is 1. The Hall–Kier alpha value is -3.58. The number of benzene rings is 3. The van der Waals surface area contributed by atoms with Crippen molar-refractivity contribution in [2.24, 2.45) is 4.40 Å². The largest absolute Gasteiger partial charge is 0.352 e. The van der Waals surface area contributed by atoms with Crippen molar-refractivity contribution in [2.75, 3.05) is 5.32 Å². The number of anilines is 1. The zero-order valence-corrected chi connectivity index (χ0v) is 18.9. The molecule has 0 aliphatic heterocycles. The van der Waals surface area contributed by atoms with Crippen LogP contribution in [-0.2, 0) is 16.4 Å². The number of nitrogens with one attached hydrogen (secondary N) is 1. The van der Waals surface area contributed by atoms with Gasteiger partial charge in [0.1, 0.15) is 5.82 Å². The van der Waals surface area contributed by atoms with Gasteiger partial charge in [-0.25, -0.2) is 4.39 Å². The molecule has 3 aromatic carbocycles. The number of Topliss-reactive ketones (excluding diaryl/α,β-unsaturated/α-hetero) is 1. The first kappa shape index (κ1) is 22.6. The van der Waals surface area contributed by atoms with E-state index in [1.54, 1.807) is 24.3 Å². The number of aryl methyl sites for hydroxylation is 1. The Bertz CT molecular complexity index is 1340. The molecule has 1 N–H and O–H groups in total. The average Bonchev–Trinajstić information content (AvgIpc) is 2.82. The van der Waals surface area contributed by atoms with Crippen molar-refractivity contribution in [3.05, 3.63) is 107 Å². The number of allylic oxidation sites excluding steroid dienone is 2. The lowest BCUT2D eigenvalue weighted by atomic mass is 9.92. The van der Waals surface area contributed by atoms with E-state index in [-0.39, 0.29) is 22.1 Å². The molecule has 33 heavy (non-hydrogen) atoms. The fourth-order valence-corrected chi connectivity index (χ4v) is 4.57. The van der Waals surface area contributed by atoms with Crippen LogP contribution in [0.25, 0.3) is 0 Å². The molecule has 0 heterocycles. The van der Waals surface area contributed by atoms with Crippen LogP contribution in [0.5, 0.6) is 0 Å². The van der Waals surface area contributed by atoms with E-state index in [1.165, 1.54) is 11.6 Å². The number of rotatable bonds is 7. The van der Waals surface area contributed by atoms with Gasteiger partial charge in [0.25, 0.3) is 10.0 Å². The Kier molecular flexibility index (Phi) is 6.51. The molecule has 1 aliphatic carbocycles. The number of unbranched alkanes of at least 4 members (excludes halogenated alkanes) is 1. The Labute approximate surface area is 192 Å². The first-order valence-corrected chi connectivity index (χ1v) is 12.1. The van der Waals surface area contributed by atoms with Gasteiger partial charge in [-0.15, -0.1) is 0 Å². The second-order valence-electron chi connectivity index (χ2n) is 7.76. The van der Waals surface area contributed by atoms with Crippen LogP contribution in [0.15, 0.2) is 93.9 Å². The smallest absolute Gasteiger partial charge is 0.282 e. The summed E-state index contributed by atoms with van der Waals surface area (Å²) in [6.45, 7) is 2.14. The van der Waals surface area contributed by atoms with E-state index in [4.69, 9.17) is 0 Å². The average molecular weight is 463 g/mol. The minimum atomic E-state index is -4.11. The Morgan fingerprint density at radius 3 is 2.24 bits per heavy atom. The lowest BCUT2D eigenvalue weighted by molar-refractivity contribution is 0.103. The van der Waals surface area contributed by atoms with Crippen molar-refractivity contribution in [3.63, 3.8) is 0 Å². The van der Waals surface area contributed by atoms with Crippen molar-refractivity contribution < 1.29 is 17.6 Å². The first-order valence-electron chi connectivity index (χ1n) is 10.7. The Balaban J connectivity index is 1.70. The minimum absolute atomic E-state index is 0.128. The lowest BCUT2D eigenvalue weighted by Crippen LogP contribution is -2.22. The summed E-state index contributed by atoms with van der Waals surface area (Å²) in [7, 11) is -4.11. The molecule has 0 radical (unpaired) electrons. The number of fused-ring (bicyclic) bond motifs is 1. The molecule has 0 fully saturated rings. The van der Waals surface area contributed by atoms with Crippen molar-refractivity contribution in [2.45, 2.75) is 31.1 Å². The topological polar surface area (TPSA) is 75.6 Å². The van der Waals surface area contributed by atoms with Crippen LogP contribution in [0.1, 0.15) is 41.3 Å². The van der Waals surface area contributed by atoms with Crippen LogP contribution in [-0.4, -0.2) is 19.9 Å². The van der Waals surface area contributed by atoms with Crippen molar-refractivity contribution in [1.29, 1.82) is 0 Å². The molecule has 0 amide bonds. The fraction of sp³-hybridized carbons (Fsp3) is 0.154. The maximum absolute atomic E-state index is 13.2. The standard InChI is InChI=1S/C26H23FN2O3S/c1-2-3-6-18-9-13-20(14-10-18)28-25-17-24(22-7-4-5-8-23(22)26(25)30)29-33(31,32)21-15-11-19(27)12-16-21/h4-5,7-17,28H,2-3,6H2,1H3/b29-24+. The molecule has 0 atom stereocenters. The zero-order valence-electron chi connectivity index (χ0n) is 18.1. The summed E-state index contributed by atoms with van der Waals surface area (Å²) in [6, 6.07) is 19.0. The molecule has 168 valence electrons. The molecule has 5 nitrogen and oxygen atoms in total. The van der Waals surface area contributed by atoms with Gasteiger partial charge in [-0.2, -0.15) is 12.8 Å². The van der Waals surface area contributed by atoms with Crippen molar-refractivity contribution in [1.82, 2.24) is 0 Å². The van der Waals surface area contributed by atoms with Crippen LogP contribution in [0.4, 0.5) is 10.1 Å². The molecule has 0 aromatic heterocycles. The van der Waals surface area contributed by atoms with Gasteiger partial charge in [-0.05, 0) is 60.9 Å². The summed E-state index contributed by atoms with van der Waals surface area (Å²) in [5.41, 5.74) is 3.07. The van der Waals surface area contributed by atoms with Gasteiger partial charge >= 0.3 is 0 Å². The summed E-state index contributed by atoms with van der Waals surface area (Å²) in [5, 5.41) is 3.10. The molecule has 0 bridgehead atoms. The van der Waals surface area contributed by atoms with Gasteiger partial charge in [0.15, 0.2) is 0 Å². The van der Waals surface area contributed by atoms with Crippen LogP contribution >= 0.6 is 0 Å². The third-order valence-electron chi connectivity index (χ3n) is 5.36. The van der Waals surface area contributed by atoms with Crippen LogP contribution in [0.3, 0.4) is 0 Å². The van der Waals surface area contributed by atoms with Crippen LogP contribution in [0.2, 0.25) is 0 Å². The first-order chi connectivity index (χ1) is 15.9. The maximum Gasteiger partial charge on any atom is 0.282 e. The van der Waals surface area contributed by atoms with E-state index < -0.39 is 15.8 Å². The number of sulfonamides is 1. The highest BCUT2D eigenvalue weighted by atomic mass is 32.2. The molecule has 3 aromatic rings. The predicted octanol–water partition coefficient (Wildman–Crippen LogP) is 5.54. The van der Waals surface area contributed by atoms with Gasteiger partial charge < -0.3 is 5.32 Å². The van der Waals surface area contributed by atoms with E-state index >= 15 is 0 Å². The number of carbonyl (C=O) groups excluding carboxylic acids is 1. The number of hydrogen-bond acceptors (Lipinski definition) is 4. The molecule has 1 aliphatic rings. The van der Waals surface area contributed by atoms with Crippen molar-refractivity contribution >= 4 is 27.2 Å². The van der Waals surface area contributed by atoms with Gasteiger partial charge in [0.05, 0.1) is 16.3 Å². The summed E-state index contributed by atoms with van der Waals surface area (Å²) >= 11 is 0. The normalized spacial score (nSPS) is 14.7. The third kappa shape index (κ3) is 5.09. The third-order valence-corrected chi connectivity index (χ3v) is 6.66. The molecule has 0 saturated heterocycles. The number of hydrogen-bond donors (Lipinski definition) is 1. The zero-order chi connectivity index (χ0) is 23.4. The summed E-state index contributed by atoms with van der Waals surface area (Å²) in [6.07, 6.45) is 4.65. The van der Waals surface area contributed by atoms with Crippen molar-refractivity contribution in [3.8, 4) is 0 Å². The molecule has 7 heteroatoms. The molecule has 0 unspecified atom stereocenters. The van der Waals surface area contributed by atoms with Gasteiger partial charge in [0, 0.05) is 16.8 Å². The minimum Gasteiger partial charge on any atom is -0.352 e. The van der Waals surface area contributed by atoms with Gasteiger partial charge in [0.2, 0.25) is 5.78 Å². The second-order valence-corrected chi connectivity index (χ2v) is 9.37. The molecular weight excluding hydrogens is 439 g/mol. The van der Waals surface area contributed by atoms with E-state index in [2.05, 4.69) is 16.6 Å². The molecule has 0 saturated carbocycles. The maximum atomic E-state index is 13.2. The van der Waals surface area contributed by atoms with E-state index in [9.17, 15) is 17.6 Å². The van der Waals surface area contributed by atoms with Crippen LogP contribution in [0, 0.1) is 5.82 Å². The summed E-state index contributed by atoms with van der Waals surface area (Å²) < 4.78 is 42.9. The lowest BCUT2D eigenvalue weighted by Gasteiger charge is -2.19. The predicted molar refractivity (Wildman–Crippen MR) is 128 cm³/mol. The molecule has 0 spiro atoms. The summed E-state index contributed by atoms with van der Waals surface area (Å²) in [5.74, 6) is -0.791. The number of ketones is 1. The quantitative estimate of drug-likeness (QED) is 0.500. The highest BCUT2D eigenvalue weighted by Gasteiger charge is 2.26. The van der Waals surface area contributed by atoms with Gasteiger partial charge in [-0.3, -0.25) is 4.79 Å². The SMILES string of the molecule is CCCCc1ccc(NC2=C/C(=N\S(=O)(=O)c3ccc(F)cc3)c3ccccc3C2=O)cc1. The Morgan fingerprint density at radius 2 is 1.58 bits per heavy atom. The number of nitrogens with zero attached hydrogens (tertiary/aromatic N) is 1. The van der Waals surface area contributed by atoms with E-state index in [0.717, 1.165) is 49.2 Å². The van der Waals surface area contributed by atoms with E-state index in [0.29, 0.717) is 11.1 Å². The fourth-order valence-electron chi connectivity index (χ4n) is 3.58. The highest BCUT2D eigenvalue weighted by molar-refractivity contribution is 7.90. The van der Waals surface area contributed by atoms with E-state index in [1.807, 2.05) is 24.3 Å². The second kappa shape index (κ2) is 9.50. The van der Waals surface area contributed by atoms with Crippen LogP contribution < -0.4 is 5.32 Å². The molecular formula is C26H23FN2O3S. The van der Waals surface area contributed by atoms with Gasteiger partial charge in [-0.1, -0.05) is 49.7 Å². The summed E-state index contributed by atoms with van der Waals surface area (Å²) in [4.78, 5) is 12.9.